The zero-order chi connectivity index (χ0) is 32.1. The molecule has 232 valence electrons. The maximum absolute atomic E-state index is 13.2. The van der Waals surface area contributed by atoms with Crippen molar-refractivity contribution in [1.29, 1.82) is 0 Å². The van der Waals surface area contributed by atoms with E-state index in [1.54, 1.807) is 65.6 Å². The number of aryl methyl sites for hydroxylation is 1. The fourth-order valence-corrected chi connectivity index (χ4v) is 5.19. The van der Waals surface area contributed by atoms with Crippen LogP contribution in [0.1, 0.15) is 33.5 Å². The number of anilines is 2. The Morgan fingerprint density at radius 2 is 1.30 bits per heavy atom. The van der Waals surface area contributed by atoms with Crippen molar-refractivity contribution in [3.05, 3.63) is 162 Å². The van der Waals surface area contributed by atoms with Gasteiger partial charge in [0.25, 0.3) is 0 Å². The first kappa shape index (κ1) is 31.7. The highest BCUT2D eigenvalue weighted by Crippen LogP contribution is 2.22. The Kier molecular flexibility index (Phi) is 10.9. The minimum Gasteiger partial charge on any atom is -0.492 e. The number of para-hydroxylation sites is 2. The van der Waals surface area contributed by atoms with Crippen LogP contribution in [0.3, 0.4) is 0 Å². The van der Waals surface area contributed by atoms with Crippen molar-refractivity contribution < 1.29 is 24.2 Å². The maximum Gasteiger partial charge on any atom is 0.326 e. The summed E-state index contributed by atoms with van der Waals surface area (Å²) in [5, 5.41) is 13.1. The Morgan fingerprint density at radius 1 is 0.696 bits per heavy atom. The average Bonchev–Trinajstić information content (AvgIpc) is 3.10. The molecule has 2 N–H and O–H groups in total. The number of rotatable bonds is 15. The molecule has 0 saturated carbocycles. The van der Waals surface area contributed by atoms with E-state index in [2.05, 4.69) is 5.32 Å². The molecule has 0 radical (unpaired) electrons. The fourth-order valence-electron chi connectivity index (χ4n) is 5.19. The van der Waals surface area contributed by atoms with Gasteiger partial charge in [-0.15, -0.1) is 0 Å². The molecule has 7 nitrogen and oxygen atoms in total. The first-order valence-electron chi connectivity index (χ1n) is 15.3. The molecule has 5 aromatic rings. The minimum atomic E-state index is -1.03. The zero-order valence-corrected chi connectivity index (χ0v) is 25.4. The van der Waals surface area contributed by atoms with Crippen LogP contribution in [-0.2, 0) is 22.4 Å². The number of ketones is 1. The summed E-state index contributed by atoms with van der Waals surface area (Å²) in [6, 6.07) is 41.6. The number of nitrogens with zero attached hydrogens (tertiary/aromatic N) is 1. The van der Waals surface area contributed by atoms with Crippen LogP contribution in [0.4, 0.5) is 11.4 Å². The second-order valence-electron chi connectivity index (χ2n) is 10.8. The van der Waals surface area contributed by atoms with Crippen molar-refractivity contribution in [2.24, 2.45) is 0 Å². The quantitative estimate of drug-likeness (QED) is 0.123. The van der Waals surface area contributed by atoms with Crippen molar-refractivity contribution in [2.45, 2.75) is 25.3 Å². The number of carboxylic acid groups (broad SMARTS) is 1. The summed E-state index contributed by atoms with van der Waals surface area (Å²) >= 11 is 0. The zero-order valence-electron chi connectivity index (χ0n) is 25.4. The van der Waals surface area contributed by atoms with Crippen molar-refractivity contribution in [3.63, 3.8) is 0 Å². The van der Waals surface area contributed by atoms with E-state index in [9.17, 15) is 19.5 Å². The van der Waals surface area contributed by atoms with Crippen LogP contribution in [0.2, 0.25) is 0 Å². The second-order valence-corrected chi connectivity index (χ2v) is 10.8. The van der Waals surface area contributed by atoms with Crippen molar-refractivity contribution in [1.82, 2.24) is 0 Å². The van der Waals surface area contributed by atoms with E-state index in [1.165, 1.54) is 0 Å². The van der Waals surface area contributed by atoms with E-state index >= 15 is 0 Å². The van der Waals surface area contributed by atoms with Gasteiger partial charge in [0.2, 0.25) is 5.91 Å². The number of nitrogens with one attached hydrogen (secondary N) is 1. The van der Waals surface area contributed by atoms with Crippen LogP contribution >= 0.6 is 0 Å². The Morgan fingerprint density at radius 3 is 1.98 bits per heavy atom. The van der Waals surface area contributed by atoms with Crippen LogP contribution in [0, 0.1) is 0 Å². The molecule has 0 aliphatic heterocycles. The average molecular weight is 613 g/mol. The largest absolute Gasteiger partial charge is 0.492 e. The molecule has 0 spiro atoms. The van der Waals surface area contributed by atoms with Gasteiger partial charge in [0.1, 0.15) is 18.4 Å². The van der Waals surface area contributed by atoms with Crippen molar-refractivity contribution in [3.8, 4) is 5.75 Å². The third kappa shape index (κ3) is 8.70. The standard InChI is InChI=1S/C39H36N2O5/c42-37(25-22-29-12-4-1-5-13-29)41(32-16-8-3-9-17-32)26-27-46-33-23-20-30(21-24-33)28-36(39(44)45)40-35-19-11-10-18-34(35)38(43)31-14-6-2-7-15-31/h1-21,23-24,36,40H,22,25-28H2,(H,44,45). The molecule has 0 aromatic heterocycles. The highest BCUT2D eigenvalue weighted by molar-refractivity contribution is 6.12. The van der Waals surface area contributed by atoms with Crippen LogP contribution in [0.15, 0.2) is 140 Å². The Labute approximate surface area is 269 Å². The summed E-state index contributed by atoms with van der Waals surface area (Å²) in [4.78, 5) is 40.3. The van der Waals surface area contributed by atoms with E-state index in [0.717, 1.165) is 16.8 Å². The molecule has 0 saturated heterocycles. The summed E-state index contributed by atoms with van der Waals surface area (Å²) in [5.74, 6) is -0.571. The molecule has 7 heteroatoms. The smallest absolute Gasteiger partial charge is 0.326 e. The number of carbonyl (C=O) groups is 3. The molecule has 46 heavy (non-hydrogen) atoms. The first-order valence-corrected chi connectivity index (χ1v) is 15.3. The summed E-state index contributed by atoms with van der Waals surface area (Å²) in [6.07, 6.45) is 1.24. The number of ether oxygens (including phenoxy) is 1. The van der Waals surface area contributed by atoms with Gasteiger partial charge in [-0.3, -0.25) is 9.59 Å². The number of benzene rings is 5. The third-order valence-corrected chi connectivity index (χ3v) is 7.62. The molecule has 1 amide bonds. The van der Waals surface area contributed by atoms with Crippen LogP contribution in [0.5, 0.6) is 5.75 Å². The van der Waals surface area contributed by atoms with Crippen LogP contribution in [-0.4, -0.2) is 42.0 Å². The Bertz CT molecular complexity index is 1730. The molecule has 0 heterocycles. The summed E-state index contributed by atoms with van der Waals surface area (Å²) in [6.45, 7) is 0.669. The van der Waals surface area contributed by atoms with E-state index in [1.807, 2.05) is 78.9 Å². The first-order chi connectivity index (χ1) is 22.5. The van der Waals surface area contributed by atoms with Gasteiger partial charge in [-0.05, 0) is 53.9 Å². The molecule has 5 aromatic carbocycles. The predicted molar refractivity (Wildman–Crippen MR) is 181 cm³/mol. The monoisotopic (exact) mass is 612 g/mol. The number of hydrogen-bond acceptors (Lipinski definition) is 5. The van der Waals surface area contributed by atoms with E-state index in [4.69, 9.17) is 4.74 Å². The van der Waals surface area contributed by atoms with Gasteiger partial charge in [-0.2, -0.15) is 0 Å². The van der Waals surface area contributed by atoms with Gasteiger partial charge in [0, 0.05) is 35.3 Å². The second kappa shape index (κ2) is 15.9. The van der Waals surface area contributed by atoms with Gasteiger partial charge < -0.3 is 20.1 Å². The van der Waals surface area contributed by atoms with Gasteiger partial charge in [-0.1, -0.05) is 103 Å². The fraction of sp³-hybridized carbons (Fsp3) is 0.154. The highest BCUT2D eigenvalue weighted by Gasteiger charge is 2.22. The predicted octanol–water partition coefficient (Wildman–Crippen LogP) is 7.07. The highest BCUT2D eigenvalue weighted by atomic mass is 16.5. The van der Waals surface area contributed by atoms with Gasteiger partial charge in [0.05, 0.1) is 6.54 Å². The minimum absolute atomic E-state index is 0.0215. The molecular weight excluding hydrogens is 576 g/mol. The van der Waals surface area contributed by atoms with Gasteiger partial charge in [-0.25, -0.2) is 4.79 Å². The lowest BCUT2D eigenvalue weighted by Crippen LogP contribution is -2.34. The molecule has 1 unspecified atom stereocenters. The molecule has 0 fully saturated rings. The van der Waals surface area contributed by atoms with Gasteiger partial charge >= 0.3 is 5.97 Å². The van der Waals surface area contributed by atoms with Crippen LogP contribution < -0.4 is 15.0 Å². The third-order valence-electron chi connectivity index (χ3n) is 7.62. The van der Waals surface area contributed by atoms with E-state index in [-0.39, 0.29) is 24.7 Å². The molecule has 5 rings (SSSR count). The summed E-state index contributed by atoms with van der Waals surface area (Å²) in [7, 11) is 0. The van der Waals surface area contributed by atoms with Crippen LogP contribution in [0.25, 0.3) is 0 Å². The maximum atomic E-state index is 13.2. The number of carboxylic acids is 1. The Balaban J connectivity index is 1.19. The SMILES string of the molecule is O=C(c1ccccc1)c1ccccc1NC(Cc1ccc(OCCN(C(=O)CCc2ccccc2)c2ccccc2)cc1)C(=O)O. The topological polar surface area (TPSA) is 95.9 Å². The summed E-state index contributed by atoms with van der Waals surface area (Å²) in [5.41, 5.74) is 4.13. The Hall–Kier alpha value is -5.69. The molecular formula is C39H36N2O5. The van der Waals surface area contributed by atoms with E-state index < -0.39 is 12.0 Å². The lowest BCUT2D eigenvalue weighted by atomic mass is 10.00. The van der Waals surface area contributed by atoms with E-state index in [0.29, 0.717) is 42.0 Å². The molecule has 0 aliphatic rings. The normalized spacial score (nSPS) is 11.3. The van der Waals surface area contributed by atoms with Crippen molar-refractivity contribution in [2.75, 3.05) is 23.4 Å². The number of aliphatic carboxylic acids is 1. The molecule has 0 aliphatic carbocycles. The number of carbonyl (C=O) groups excluding carboxylic acids is 2. The summed E-state index contributed by atoms with van der Waals surface area (Å²) < 4.78 is 5.99. The van der Waals surface area contributed by atoms with Crippen molar-refractivity contribution >= 4 is 29.0 Å². The number of hydrogen-bond donors (Lipinski definition) is 2. The number of amides is 1. The van der Waals surface area contributed by atoms with Gasteiger partial charge in [0.15, 0.2) is 5.78 Å². The molecule has 0 bridgehead atoms. The lowest BCUT2D eigenvalue weighted by molar-refractivity contribution is -0.137. The molecule has 1 atom stereocenters. The lowest BCUT2D eigenvalue weighted by Gasteiger charge is -2.23.